The number of aryl methyl sites for hydroxylation is 1. The first kappa shape index (κ1) is 16.0. The van der Waals surface area contributed by atoms with E-state index < -0.39 is 17.9 Å². The van der Waals surface area contributed by atoms with E-state index in [0.29, 0.717) is 11.3 Å². The molecule has 0 unspecified atom stereocenters. The van der Waals surface area contributed by atoms with Crippen LogP contribution in [0.3, 0.4) is 0 Å². The molecule has 1 aromatic rings. The van der Waals surface area contributed by atoms with Gasteiger partial charge in [-0.15, -0.1) is 0 Å². The van der Waals surface area contributed by atoms with E-state index in [-0.39, 0.29) is 13.2 Å². The minimum absolute atomic E-state index is 0.212. The van der Waals surface area contributed by atoms with Crippen molar-refractivity contribution < 1.29 is 23.8 Å². The molecule has 1 aromatic carbocycles. The molecule has 0 aliphatic carbocycles. The number of hydrogen-bond acceptors (Lipinski definition) is 5. The molecule has 0 saturated heterocycles. The van der Waals surface area contributed by atoms with Crippen molar-refractivity contribution >= 4 is 11.9 Å². The van der Waals surface area contributed by atoms with Crippen molar-refractivity contribution in [1.82, 2.24) is 0 Å². The standard InChI is InChI=1S/C15H20O5/c1-5-19-14(16)13(15(17)20-6-2)11-7-8-12(18-4)10(3)9-11/h7-9,13H,5-6H2,1-4H3. The Morgan fingerprint density at radius 3 is 2.05 bits per heavy atom. The Hall–Kier alpha value is -2.04. The molecule has 0 aliphatic heterocycles. The summed E-state index contributed by atoms with van der Waals surface area (Å²) in [4.78, 5) is 23.9. The Morgan fingerprint density at radius 2 is 1.65 bits per heavy atom. The third-order valence-corrected chi connectivity index (χ3v) is 2.80. The Labute approximate surface area is 118 Å². The van der Waals surface area contributed by atoms with Crippen LogP contribution >= 0.6 is 0 Å². The van der Waals surface area contributed by atoms with E-state index in [1.54, 1.807) is 39.2 Å². The average Bonchev–Trinajstić information content (AvgIpc) is 2.40. The van der Waals surface area contributed by atoms with Crippen LogP contribution in [-0.2, 0) is 19.1 Å². The quantitative estimate of drug-likeness (QED) is 0.590. The van der Waals surface area contributed by atoms with E-state index in [2.05, 4.69) is 0 Å². The van der Waals surface area contributed by atoms with E-state index in [1.165, 1.54) is 0 Å². The van der Waals surface area contributed by atoms with Crippen molar-refractivity contribution in [2.45, 2.75) is 26.7 Å². The van der Waals surface area contributed by atoms with Crippen molar-refractivity contribution in [1.29, 1.82) is 0 Å². The monoisotopic (exact) mass is 280 g/mol. The molecule has 5 heteroatoms. The second-order valence-corrected chi connectivity index (χ2v) is 4.17. The summed E-state index contributed by atoms with van der Waals surface area (Å²) >= 11 is 0. The highest BCUT2D eigenvalue weighted by Crippen LogP contribution is 2.25. The number of hydrogen-bond donors (Lipinski definition) is 0. The van der Waals surface area contributed by atoms with Gasteiger partial charge in [0.25, 0.3) is 0 Å². The predicted octanol–water partition coefficient (Wildman–Crippen LogP) is 2.21. The van der Waals surface area contributed by atoms with Crippen molar-refractivity contribution in [3.8, 4) is 5.75 Å². The summed E-state index contributed by atoms with van der Waals surface area (Å²) in [6, 6.07) is 5.12. The average molecular weight is 280 g/mol. The van der Waals surface area contributed by atoms with Gasteiger partial charge in [-0.2, -0.15) is 0 Å². The molecule has 1 rings (SSSR count). The zero-order valence-corrected chi connectivity index (χ0v) is 12.3. The zero-order chi connectivity index (χ0) is 15.1. The van der Waals surface area contributed by atoms with Crippen LogP contribution in [0, 0.1) is 6.92 Å². The predicted molar refractivity (Wildman–Crippen MR) is 73.7 cm³/mol. The maximum atomic E-state index is 12.0. The first-order chi connectivity index (χ1) is 9.54. The first-order valence-corrected chi connectivity index (χ1v) is 6.52. The highest BCUT2D eigenvalue weighted by molar-refractivity contribution is 6.00. The molecule has 0 heterocycles. The molecule has 0 spiro atoms. The summed E-state index contributed by atoms with van der Waals surface area (Å²) in [5.74, 6) is -1.56. The lowest BCUT2D eigenvalue weighted by Gasteiger charge is -2.16. The highest BCUT2D eigenvalue weighted by atomic mass is 16.6. The van der Waals surface area contributed by atoms with Gasteiger partial charge in [0.15, 0.2) is 5.92 Å². The molecule has 0 radical (unpaired) electrons. The van der Waals surface area contributed by atoms with E-state index >= 15 is 0 Å². The molecule has 5 nitrogen and oxygen atoms in total. The van der Waals surface area contributed by atoms with Crippen LogP contribution in [0.25, 0.3) is 0 Å². The molecule has 0 bridgehead atoms. The second kappa shape index (κ2) is 7.53. The minimum Gasteiger partial charge on any atom is -0.496 e. The summed E-state index contributed by atoms with van der Waals surface area (Å²) in [7, 11) is 1.57. The molecule has 0 atom stereocenters. The van der Waals surface area contributed by atoms with Crippen LogP contribution in [0.4, 0.5) is 0 Å². The van der Waals surface area contributed by atoms with E-state index in [9.17, 15) is 9.59 Å². The van der Waals surface area contributed by atoms with Gasteiger partial charge in [0.2, 0.25) is 0 Å². The molecule has 0 fully saturated rings. The van der Waals surface area contributed by atoms with Gasteiger partial charge in [-0.1, -0.05) is 12.1 Å². The van der Waals surface area contributed by atoms with Crippen LogP contribution < -0.4 is 4.74 Å². The molecule has 0 amide bonds. The normalized spacial score (nSPS) is 10.2. The summed E-state index contributed by atoms with van der Waals surface area (Å²) in [6.07, 6.45) is 0. The van der Waals surface area contributed by atoms with Gasteiger partial charge in [0.1, 0.15) is 5.75 Å². The number of esters is 2. The topological polar surface area (TPSA) is 61.8 Å². The number of carbonyl (C=O) groups is 2. The zero-order valence-electron chi connectivity index (χ0n) is 12.3. The van der Waals surface area contributed by atoms with Gasteiger partial charge < -0.3 is 14.2 Å². The third kappa shape index (κ3) is 3.73. The molecule has 0 aliphatic rings. The molecular weight excluding hydrogens is 260 g/mol. The number of rotatable bonds is 6. The summed E-state index contributed by atoms with van der Waals surface area (Å²) in [6.45, 7) is 5.65. The third-order valence-electron chi connectivity index (χ3n) is 2.80. The first-order valence-electron chi connectivity index (χ1n) is 6.52. The van der Waals surface area contributed by atoms with E-state index in [4.69, 9.17) is 14.2 Å². The number of ether oxygens (including phenoxy) is 3. The molecule has 20 heavy (non-hydrogen) atoms. The second-order valence-electron chi connectivity index (χ2n) is 4.17. The van der Waals surface area contributed by atoms with Crippen LogP contribution in [0.15, 0.2) is 18.2 Å². The number of benzene rings is 1. The van der Waals surface area contributed by atoms with Crippen LogP contribution in [-0.4, -0.2) is 32.3 Å². The fraction of sp³-hybridized carbons (Fsp3) is 0.467. The highest BCUT2D eigenvalue weighted by Gasteiger charge is 2.31. The molecule has 0 saturated carbocycles. The largest absolute Gasteiger partial charge is 0.496 e. The number of methoxy groups -OCH3 is 1. The lowest BCUT2D eigenvalue weighted by Crippen LogP contribution is -2.26. The molecular formula is C15H20O5. The fourth-order valence-electron chi connectivity index (χ4n) is 1.90. The Morgan fingerprint density at radius 1 is 1.10 bits per heavy atom. The van der Waals surface area contributed by atoms with Gasteiger partial charge in [-0.25, -0.2) is 0 Å². The summed E-state index contributed by atoms with van der Waals surface area (Å²) < 4.78 is 15.1. The van der Waals surface area contributed by atoms with Crippen LogP contribution in [0.5, 0.6) is 5.75 Å². The lowest BCUT2D eigenvalue weighted by atomic mass is 9.97. The van der Waals surface area contributed by atoms with E-state index in [1.807, 2.05) is 6.92 Å². The van der Waals surface area contributed by atoms with Gasteiger partial charge in [0, 0.05) is 0 Å². The Bertz CT molecular complexity index is 463. The van der Waals surface area contributed by atoms with Crippen molar-refractivity contribution in [3.63, 3.8) is 0 Å². The van der Waals surface area contributed by atoms with Gasteiger partial charge in [-0.3, -0.25) is 9.59 Å². The van der Waals surface area contributed by atoms with Crippen molar-refractivity contribution in [3.05, 3.63) is 29.3 Å². The van der Waals surface area contributed by atoms with Gasteiger partial charge in [-0.05, 0) is 38.0 Å². The molecule has 0 N–H and O–H groups in total. The maximum absolute atomic E-state index is 12.0. The van der Waals surface area contributed by atoms with E-state index in [0.717, 1.165) is 5.56 Å². The maximum Gasteiger partial charge on any atom is 0.324 e. The van der Waals surface area contributed by atoms with Gasteiger partial charge in [0.05, 0.1) is 20.3 Å². The Kier molecular flexibility index (Phi) is 6.03. The SMILES string of the molecule is CCOC(=O)C(C(=O)OCC)c1ccc(OC)c(C)c1. The molecule has 0 aromatic heterocycles. The van der Waals surface area contributed by atoms with Crippen LogP contribution in [0.2, 0.25) is 0 Å². The molecule has 110 valence electrons. The summed E-state index contributed by atoms with van der Waals surface area (Å²) in [5, 5.41) is 0. The van der Waals surface area contributed by atoms with Crippen LogP contribution in [0.1, 0.15) is 30.9 Å². The van der Waals surface area contributed by atoms with Gasteiger partial charge >= 0.3 is 11.9 Å². The fourth-order valence-corrected chi connectivity index (χ4v) is 1.90. The van der Waals surface area contributed by atoms with Crippen molar-refractivity contribution in [2.75, 3.05) is 20.3 Å². The smallest absolute Gasteiger partial charge is 0.324 e. The minimum atomic E-state index is -1.06. The lowest BCUT2D eigenvalue weighted by molar-refractivity contribution is -0.156. The Balaban J connectivity index is 3.12. The number of carbonyl (C=O) groups excluding carboxylic acids is 2. The summed E-state index contributed by atoms with van der Waals surface area (Å²) in [5.41, 5.74) is 1.38. The van der Waals surface area contributed by atoms with Crippen molar-refractivity contribution in [2.24, 2.45) is 0 Å².